The van der Waals surface area contributed by atoms with Gasteiger partial charge in [0.15, 0.2) is 0 Å². The molecule has 0 heterocycles. The van der Waals surface area contributed by atoms with Crippen molar-refractivity contribution in [1.82, 2.24) is 0 Å². The van der Waals surface area contributed by atoms with Gasteiger partial charge < -0.3 is 5.11 Å². The third-order valence-corrected chi connectivity index (χ3v) is 0.731. The Morgan fingerprint density at radius 1 is 1.86 bits per heavy atom. The van der Waals surface area contributed by atoms with E-state index in [1.807, 2.05) is 0 Å². The van der Waals surface area contributed by atoms with E-state index in [-0.39, 0.29) is 29.6 Å². The topological polar surface area (TPSA) is 37.3 Å². The Kier molecular flexibility index (Phi) is 7.96. The summed E-state index contributed by atoms with van der Waals surface area (Å²) in [6, 6.07) is 0. The summed E-state index contributed by atoms with van der Waals surface area (Å²) in [6.07, 6.45) is -0.923. The predicted molar refractivity (Wildman–Crippen MR) is 32.8 cm³/mol. The Labute approximate surface area is 70.0 Å². The third kappa shape index (κ3) is 6.98. The Hall–Kier alpha value is 0.980. The standard InChI is InChI=1S/C3H6O2S.Na.H/c1-2(4)3(5)6;;/h2,4H,1H3,(H,5,6);;. The van der Waals surface area contributed by atoms with Gasteiger partial charge in [-0.25, -0.2) is 0 Å². The van der Waals surface area contributed by atoms with E-state index in [2.05, 4.69) is 12.6 Å². The first-order chi connectivity index (χ1) is 2.64. The van der Waals surface area contributed by atoms with Gasteiger partial charge in [-0.05, 0) is 6.92 Å². The van der Waals surface area contributed by atoms with Gasteiger partial charge in [0.05, 0.1) is 0 Å². The van der Waals surface area contributed by atoms with E-state index >= 15 is 0 Å². The van der Waals surface area contributed by atoms with Gasteiger partial charge in [-0.2, -0.15) is 0 Å². The second-order valence-electron chi connectivity index (χ2n) is 1.01. The van der Waals surface area contributed by atoms with Crippen molar-refractivity contribution in [1.29, 1.82) is 0 Å². The molecule has 1 atom stereocenters. The van der Waals surface area contributed by atoms with Crippen LogP contribution in [0.4, 0.5) is 0 Å². The van der Waals surface area contributed by atoms with Gasteiger partial charge in [-0.1, -0.05) is 0 Å². The van der Waals surface area contributed by atoms with Crippen LogP contribution in [0, 0.1) is 0 Å². The monoisotopic (exact) mass is 130 g/mol. The van der Waals surface area contributed by atoms with E-state index in [0.29, 0.717) is 0 Å². The molecular formula is C3H7NaO2S. The molecule has 0 spiro atoms. The van der Waals surface area contributed by atoms with Crippen molar-refractivity contribution in [3.63, 3.8) is 0 Å². The molecule has 0 aromatic carbocycles. The number of carbonyl (C=O) groups excluding carboxylic acids is 1. The van der Waals surface area contributed by atoms with Crippen molar-refractivity contribution in [3.05, 3.63) is 0 Å². The molecule has 0 aromatic heterocycles. The van der Waals surface area contributed by atoms with Crippen molar-refractivity contribution < 1.29 is 9.90 Å². The molecule has 0 aliphatic rings. The SMILES string of the molecule is CC(O)C(=O)S.[NaH]. The first-order valence-electron chi connectivity index (χ1n) is 1.55. The minimum absolute atomic E-state index is 0. The minimum atomic E-state index is -0.923. The fourth-order valence-electron chi connectivity index (χ4n) is 0. The van der Waals surface area contributed by atoms with E-state index in [9.17, 15) is 4.79 Å². The Bertz CT molecular complexity index is 64.0. The normalized spacial score (nSPS) is 11.9. The van der Waals surface area contributed by atoms with Crippen molar-refractivity contribution in [2.75, 3.05) is 0 Å². The summed E-state index contributed by atoms with van der Waals surface area (Å²) < 4.78 is 0. The summed E-state index contributed by atoms with van der Waals surface area (Å²) >= 11 is 3.30. The molecule has 0 bridgehead atoms. The first-order valence-corrected chi connectivity index (χ1v) is 2.00. The van der Waals surface area contributed by atoms with E-state index in [4.69, 9.17) is 5.11 Å². The molecule has 7 heavy (non-hydrogen) atoms. The summed E-state index contributed by atoms with van der Waals surface area (Å²) in [6.45, 7) is 1.37. The number of aliphatic hydroxyl groups is 1. The predicted octanol–water partition coefficient (Wildman–Crippen LogP) is -0.825. The fourth-order valence-corrected chi connectivity index (χ4v) is 0. The van der Waals surface area contributed by atoms with Gasteiger partial charge in [0.1, 0.15) is 6.10 Å². The van der Waals surface area contributed by atoms with Crippen LogP contribution in [0.1, 0.15) is 6.92 Å². The summed E-state index contributed by atoms with van der Waals surface area (Å²) in [7, 11) is 0. The molecule has 2 nitrogen and oxygen atoms in total. The molecule has 0 amide bonds. The zero-order valence-electron chi connectivity index (χ0n) is 3.38. The van der Waals surface area contributed by atoms with E-state index in [1.54, 1.807) is 0 Å². The number of aliphatic hydroxyl groups excluding tert-OH is 1. The quantitative estimate of drug-likeness (QED) is 0.359. The molecular weight excluding hydrogens is 123 g/mol. The van der Waals surface area contributed by atoms with Crippen LogP contribution in [0.3, 0.4) is 0 Å². The van der Waals surface area contributed by atoms with E-state index in [1.165, 1.54) is 6.92 Å². The van der Waals surface area contributed by atoms with Crippen LogP contribution in [-0.2, 0) is 4.79 Å². The van der Waals surface area contributed by atoms with Crippen LogP contribution in [-0.4, -0.2) is 45.9 Å². The molecule has 0 saturated heterocycles. The Morgan fingerprint density at radius 3 is 2.00 bits per heavy atom. The molecule has 0 aliphatic heterocycles. The van der Waals surface area contributed by atoms with Crippen LogP contribution in [0.2, 0.25) is 0 Å². The Balaban J connectivity index is 0. The molecule has 1 N–H and O–H groups in total. The number of carbonyl (C=O) groups is 1. The van der Waals surface area contributed by atoms with Crippen molar-refractivity contribution >= 4 is 47.3 Å². The third-order valence-electron chi connectivity index (χ3n) is 0.357. The van der Waals surface area contributed by atoms with Crippen LogP contribution in [0.25, 0.3) is 0 Å². The molecule has 1 unspecified atom stereocenters. The zero-order valence-corrected chi connectivity index (χ0v) is 4.27. The summed E-state index contributed by atoms with van der Waals surface area (Å²) in [4.78, 5) is 9.76. The van der Waals surface area contributed by atoms with Gasteiger partial charge in [0.2, 0.25) is 5.12 Å². The number of thiol groups is 1. The number of hydrogen-bond acceptors (Lipinski definition) is 2. The fraction of sp³-hybridized carbons (Fsp3) is 0.667. The van der Waals surface area contributed by atoms with Gasteiger partial charge in [0, 0.05) is 0 Å². The average molecular weight is 130 g/mol. The second kappa shape index (κ2) is 5.12. The van der Waals surface area contributed by atoms with Gasteiger partial charge in [-0.3, -0.25) is 4.79 Å². The average Bonchev–Trinajstić information content (AvgIpc) is 1.36. The van der Waals surface area contributed by atoms with Crippen LogP contribution in [0.5, 0.6) is 0 Å². The molecule has 0 saturated carbocycles. The molecule has 0 aliphatic carbocycles. The van der Waals surface area contributed by atoms with Crippen LogP contribution >= 0.6 is 12.6 Å². The van der Waals surface area contributed by atoms with E-state index in [0.717, 1.165) is 0 Å². The van der Waals surface area contributed by atoms with Gasteiger partial charge in [-0.15, -0.1) is 12.6 Å². The second-order valence-corrected chi connectivity index (χ2v) is 1.45. The molecule has 0 radical (unpaired) electrons. The summed E-state index contributed by atoms with van der Waals surface area (Å²) in [5.74, 6) is 0. The molecule has 4 heteroatoms. The van der Waals surface area contributed by atoms with E-state index < -0.39 is 11.2 Å². The van der Waals surface area contributed by atoms with Gasteiger partial charge >= 0.3 is 29.6 Å². The van der Waals surface area contributed by atoms with Crippen molar-refractivity contribution in [3.8, 4) is 0 Å². The maximum absolute atomic E-state index is 9.76. The summed E-state index contributed by atoms with van der Waals surface area (Å²) in [5.41, 5.74) is 0. The number of rotatable bonds is 1. The van der Waals surface area contributed by atoms with Crippen LogP contribution < -0.4 is 0 Å². The molecule has 0 rings (SSSR count). The zero-order chi connectivity index (χ0) is 5.15. The van der Waals surface area contributed by atoms with Crippen LogP contribution in [0.15, 0.2) is 0 Å². The Morgan fingerprint density at radius 2 is 2.00 bits per heavy atom. The molecule has 0 fully saturated rings. The molecule has 0 aromatic rings. The number of hydrogen-bond donors (Lipinski definition) is 2. The first kappa shape index (κ1) is 10.9. The van der Waals surface area contributed by atoms with Crippen molar-refractivity contribution in [2.24, 2.45) is 0 Å². The van der Waals surface area contributed by atoms with Gasteiger partial charge in [0.25, 0.3) is 0 Å². The van der Waals surface area contributed by atoms with Crippen molar-refractivity contribution in [2.45, 2.75) is 13.0 Å². The maximum atomic E-state index is 9.76. The summed E-state index contributed by atoms with van der Waals surface area (Å²) in [5, 5.41) is 7.71. The molecule has 38 valence electrons.